The highest BCUT2D eigenvalue weighted by molar-refractivity contribution is 5.95. The zero-order valence-corrected chi connectivity index (χ0v) is 34.6. The number of fused-ring (bicyclic) bond motifs is 4. The topological polar surface area (TPSA) is 188 Å². The molecule has 7 unspecified atom stereocenters. The van der Waals surface area contributed by atoms with E-state index in [0.29, 0.717) is 33.4 Å². The number of aliphatic hydroxyl groups is 1. The number of rotatable bonds is 13. The summed E-state index contributed by atoms with van der Waals surface area (Å²) in [5, 5.41) is 16.4. The number of nitrogens with one attached hydrogen (secondary N) is 2. The average Bonchev–Trinajstić information content (AvgIpc) is 3.95. The number of esters is 3. The maximum atomic E-state index is 15.0. The van der Waals surface area contributed by atoms with Crippen LogP contribution in [0.15, 0.2) is 115 Å². The summed E-state index contributed by atoms with van der Waals surface area (Å²) in [6.45, 7) is 3.67. The van der Waals surface area contributed by atoms with E-state index in [4.69, 9.17) is 28.5 Å². The molecule has 1 aliphatic carbocycles. The number of hydroxylamine groups is 2. The first kappa shape index (κ1) is 42.1. The van der Waals surface area contributed by atoms with Gasteiger partial charge < -0.3 is 39.4 Å². The van der Waals surface area contributed by atoms with E-state index in [2.05, 4.69) is 10.6 Å². The van der Waals surface area contributed by atoms with Gasteiger partial charge in [0.2, 0.25) is 17.8 Å². The van der Waals surface area contributed by atoms with Gasteiger partial charge in [-0.2, -0.15) is 5.06 Å². The van der Waals surface area contributed by atoms with Crippen LogP contribution in [0.4, 0.5) is 0 Å². The SMILES string of the molecule is CC1(C)COC(=O)C1OC(=O)C=Cc1cccc(CN2OC3C4OC(c5ccccc5)(c5ccccc5)OC4C4CC3(C(=O)NCc3cccc(C(=O)NCCO)c3)C2C(=O)O4)c1. The summed E-state index contributed by atoms with van der Waals surface area (Å²) in [5.41, 5.74) is 1.55. The lowest BCUT2D eigenvalue weighted by atomic mass is 9.62. The van der Waals surface area contributed by atoms with Crippen LogP contribution in [0.5, 0.6) is 0 Å². The van der Waals surface area contributed by atoms with Gasteiger partial charge in [-0.1, -0.05) is 111 Å². The minimum Gasteiger partial charge on any atom is -0.462 e. The lowest BCUT2D eigenvalue weighted by Gasteiger charge is -2.48. The van der Waals surface area contributed by atoms with Crippen LogP contribution in [0.2, 0.25) is 0 Å². The molecular weight excluding hydrogens is 811 g/mol. The van der Waals surface area contributed by atoms with Gasteiger partial charge in [0.1, 0.15) is 36.4 Å². The molecule has 5 fully saturated rings. The fourth-order valence-corrected chi connectivity index (χ4v) is 9.36. The molecule has 1 saturated carbocycles. The third-order valence-corrected chi connectivity index (χ3v) is 12.4. The van der Waals surface area contributed by atoms with Crippen molar-refractivity contribution in [3.63, 3.8) is 0 Å². The zero-order chi connectivity index (χ0) is 43.9. The molecule has 15 heteroatoms. The third-order valence-electron chi connectivity index (χ3n) is 12.4. The Kier molecular flexibility index (Phi) is 11.2. The summed E-state index contributed by atoms with van der Waals surface area (Å²) in [6.07, 6.45) is -1.76. The normalized spacial score (nSPS) is 27.6. The first-order valence-corrected chi connectivity index (χ1v) is 20.9. The van der Waals surface area contributed by atoms with Crippen molar-refractivity contribution in [2.24, 2.45) is 10.8 Å². The Hall–Kier alpha value is -6.23. The molecular formula is C48H47N3O12. The van der Waals surface area contributed by atoms with Gasteiger partial charge in [-0.25, -0.2) is 9.59 Å². The molecule has 0 aromatic heterocycles. The number of carbonyl (C=O) groups excluding carboxylic acids is 5. The van der Waals surface area contributed by atoms with Crippen molar-refractivity contribution < 1.29 is 57.6 Å². The van der Waals surface area contributed by atoms with Crippen LogP contribution in [0.25, 0.3) is 6.08 Å². The molecule has 4 aromatic rings. The number of cyclic esters (lactones) is 1. The molecule has 2 amide bonds. The van der Waals surface area contributed by atoms with Gasteiger partial charge in [-0.15, -0.1) is 0 Å². The van der Waals surface area contributed by atoms with Crippen molar-refractivity contribution in [2.75, 3.05) is 19.8 Å². The molecule has 326 valence electrons. The molecule has 5 aliphatic rings. The van der Waals surface area contributed by atoms with Crippen LogP contribution in [0.1, 0.15) is 58.4 Å². The van der Waals surface area contributed by atoms with E-state index in [1.165, 1.54) is 11.1 Å². The Bertz CT molecular complexity index is 2400. The summed E-state index contributed by atoms with van der Waals surface area (Å²) >= 11 is 0. The number of amides is 2. The van der Waals surface area contributed by atoms with Gasteiger partial charge in [0.15, 0.2) is 6.04 Å². The van der Waals surface area contributed by atoms with Crippen molar-refractivity contribution in [1.29, 1.82) is 0 Å². The van der Waals surface area contributed by atoms with Crippen molar-refractivity contribution in [3.05, 3.63) is 149 Å². The Labute approximate surface area is 363 Å². The lowest BCUT2D eigenvalue weighted by molar-refractivity contribution is -0.213. The van der Waals surface area contributed by atoms with Crippen molar-refractivity contribution >= 4 is 35.8 Å². The predicted molar refractivity (Wildman–Crippen MR) is 222 cm³/mol. The van der Waals surface area contributed by atoms with E-state index < -0.39 is 77.0 Å². The van der Waals surface area contributed by atoms with Gasteiger partial charge in [0, 0.05) is 47.7 Å². The highest BCUT2D eigenvalue weighted by Gasteiger charge is 2.76. The smallest absolute Gasteiger partial charge is 0.348 e. The van der Waals surface area contributed by atoms with Gasteiger partial charge in [0.05, 0.1) is 13.2 Å². The van der Waals surface area contributed by atoms with E-state index in [9.17, 15) is 24.3 Å². The number of hydrogen-bond donors (Lipinski definition) is 3. The summed E-state index contributed by atoms with van der Waals surface area (Å²) in [5.74, 6) is -4.21. The Morgan fingerprint density at radius 1 is 0.841 bits per heavy atom. The molecule has 0 radical (unpaired) electrons. The quantitative estimate of drug-likeness (QED) is 0.100. The minimum absolute atomic E-state index is 0.0283. The van der Waals surface area contributed by atoms with E-state index in [1.807, 2.05) is 72.8 Å². The highest BCUT2D eigenvalue weighted by Crippen LogP contribution is 2.59. The first-order chi connectivity index (χ1) is 30.4. The number of hydrogen-bond acceptors (Lipinski definition) is 13. The molecule has 15 nitrogen and oxygen atoms in total. The average molecular weight is 858 g/mol. The van der Waals surface area contributed by atoms with Crippen LogP contribution in [0.3, 0.4) is 0 Å². The molecule has 9 rings (SSSR count). The largest absolute Gasteiger partial charge is 0.462 e. The molecule has 3 N–H and O–H groups in total. The second kappa shape index (κ2) is 16.8. The van der Waals surface area contributed by atoms with Crippen molar-refractivity contribution in [3.8, 4) is 0 Å². The molecule has 4 heterocycles. The van der Waals surface area contributed by atoms with Crippen LogP contribution in [-0.4, -0.2) is 96.2 Å². The summed E-state index contributed by atoms with van der Waals surface area (Å²) < 4.78 is 30.8. The zero-order valence-electron chi connectivity index (χ0n) is 34.6. The number of ether oxygens (including phenoxy) is 5. The second-order valence-corrected chi connectivity index (χ2v) is 17.1. The molecule has 4 aliphatic heterocycles. The summed E-state index contributed by atoms with van der Waals surface area (Å²) in [4.78, 5) is 74.0. The van der Waals surface area contributed by atoms with E-state index in [1.54, 1.807) is 56.3 Å². The predicted octanol–water partition coefficient (Wildman–Crippen LogP) is 3.72. The fourth-order valence-electron chi connectivity index (χ4n) is 9.36. The Balaban J connectivity index is 1.03. The standard InChI is InChI=1S/C48H47N3O12/c1-46(2)28-58-44(56)41(46)60-36(53)20-19-29-11-9-13-31(23-29)27-51-39-43(55)59-35-25-47(39,45(57)50-26-30-12-10-14-32(24-30)42(54)49-21-22-52)40(63-51)38-37(35)61-48(62-38,33-15-5-3-6-16-33)34-17-7-4-8-18-34/h3-20,23-24,35,37-41,52H,21-22,25-28H2,1-2H3,(H,49,54)(H,50,57). The number of nitrogens with zero attached hydrogens (tertiary/aromatic N) is 1. The van der Waals surface area contributed by atoms with Gasteiger partial charge >= 0.3 is 17.9 Å². The van der Waals surface area contributed by atoms with E-state index in [-0.39, 0.29) is 45.2 Å². The van der Waals surface area contributed by atoms with Crippen LogP contribution < -0.4 is 10.6 Å². The van der Waals surface area contributed by atoms with Crippen LogP contribution in [-0.2, 0) is 66.6 Å². The van der Waals surface area contributed by atoms with E-state index >= 15 is 4.79 Å². The maximum Gasteiger partial charge on any atom is 0.348 e. The number of aliphatic hydroxyl groups excluding tert-OH is 1. The number of benzene rings is 4. The third kappa shape index (κ3) is 7.69. The van der Waals surface area contributed by atoms with Crippen LogP contribution >= 0.6 is 0 Å². The Morgan fingerprint density at radius 2 is 1.54 bits per heavy atom. The number of carbonyl (C=O) groups is 5. The molecule has 0 spiro atoms. The van der Waals surface area contributed by atoms with Crippen LogP contribution in [0, 0.1) is 10.8 Å². The van der Waals surface area contributed by atoms with Gasteiger partial charge in [-0.05, 0) is 34.9 Å². The first-order valence-electron chi connectivity index (χ1n) is 20.9. The van der Waals surface area contributed by atoms with Crippen molar-refractivity contribution in [1.82, 2.24) is 15.7 Å². The Morgan fingerprint density at radius 3 is 2.24 bits per heavy atom. The maximum absolute atomic E-state index is 15.0. The molecule has 2 bridgehead atoms. The second-order valence-electron chi connectivity index (χ2n) is 17.1. The minimum atomic E-state index is -1.51. The molecule has 7 atom stereocenters. The van der Waals surface area contributed by atoms with Gasteiger partial charge in [-0.3, -0.25) is 19.2 Å². The molecule has 4 saturated heterocycles. The highest BCUT2D eigenvalue weighted by atomic mass is 16.8. The molecule has 4 aromatic carbocycles. The lowest BCUT2D eigenvalue weighted by Crippen LogP contribution is -2.69. The summed E-state index contributed by atoms with van der Waals surface area (Å²) in [7, 11) is 0. The van der Waals surface area contributed by atoms with Gasteiger partial charge in [0.25, 0.3) is 5.91 Å². The fraction of sp³-hybridized carbons (Fsp3) is 0.354. The molecule has 63 heavy (non-hydrogen) atoms. The monoisotopic (exact) mass is 857 g/mol. The van der Waals surface area contributed by atoms with Crippen molar-refractivity contribution in [2.45, 2.75) is 75.7 Å². The summed E-state index contributed by atoms with van der Waals surface area (Å²) in [6, 6.07) is 31.7. The van der Waals surface area contributed by atoms with E-state index in [0.717, 1.165) is 0 Å².